The molecule has 1 atom stereocenters. The fraction of sp³-hybridized carbons (Fsp3) is 0.833. The van der Waals surface area contributed by atoms with Gasteiger partial charge in [-0.05, 0) is 20.8 Å². The SMILES string of the molecule is CC(C)(C)OC(=O)NC[P+](=O)[O-]. The van der Waals surface area contributed by atoms with Gasteiger partial charge in [-0.2, -0.15) is 0 Å². The van der Waals surface area contributed by atoms with Crippen molar-refractivity contribution >= 4 is 14.1 Å². The number of amides is 1. The molecule has 0 aromatic heterocycles. The summed E-state index contributed by atoms with van der Waals surface area (Å²) in [5.41, 5.74) is -0.599. The predicted molar refractivity (Wildman–Crippen MR) is 41.8 cm³/mol. The standard InChI is InChI=1S/C6H12NO4P/c1-6(2,3)11-5(8)7-4-12(9)10/h4H2,1-3H3,(H,7,8). The maximum absolute atomic E-state index is 10.8. The van der Waals surface area contributed by atoms with Gasteiger partial charge in [0, 0.05) is 0 Å². The van der Waals surface area contributed by atoms with Gasteiger partial charge in [0.25, 0.3) is 0 Å². The van der Waals surface area contributed by atoms with E-state index in [4.69, 9.17) is 4.74 Å². The molecule has 5 nitrogen and oxygen atoms in total. The second-order valence-electron chi connectivity index (χ2n) is 3.17. The summed E-state index contributed by atoms with van der Waals surface area (Å²) in [6.45, 7) is 5.09. The van der Waals surface area contributed by atoms with Gasteiger partial charge in [0.15, 0.2) is 0 Å². The van der Waals surface area contributed by atoms with Crippen molar-refractivity contribution in [1.29, 1.82) is 0 Å². The van der Waals surface area contributed by atoms with E-state index in [-0.39, 0.29) is 6.29 Å². The van der Waals surface area contributed by atoms with Gasteiger partial charge < -0.3 is 9.63 Å². The highest BCUT2D eigenvalue weighted by molar-refractivity contribution is 7.36. The maximum atomic E-state index is 10.8. The third-order valence-electron chi connectivity index (χ3n) is 0.751. The van der Waals surface area contributed by atoms with Gasteiger partial charge in [-0.3, -0.25) is 5.32 Å². The lowest BCUT2D eigenvalue weighted by molar-refractivity contribution is -0.164. The molecule has 1 amide bonds. The van der Waals surface area contributed by atoms with Gasteiger partial charge in [-0.15, -0.1) is 0 Å². The van der Waals surface area contributed by atoms with Crippen LogP contribution < -0.4 is 10.2 Å². The summed E-state index contributed by atoms with van der Waals surface area (Å²) in [5.74, 6) is 0. The van der Waals surface area contributed by atoms with Gasteiger partial charge in [0.1, 0.15) is 5.60 Å². The molecule has 12 heavy (non-hydrogen) atoms. The molecule has 6 heteroatoms. The monoisotopic (exact) mass is 193 g/mol. The van der Waals surface area contributed by atoms with Crippen LogP contribution in [-0.2, 0) is 9.30 Å². The second kappa shape index (κ2) is 4.38. The van der Waals surface area contributed by atoms with Crippen LogP contribution in [0.4, 0.5) is 4.79 Å². The highest BCUT2D eigenvalue weighted by Gasteiger charge is 2.16. The molecule has 0 heterocycles. The summed E-state index contributed by atoms with van der Waals surface area (Å²) >= 11 is 0. The minimum absolute atomic E-state index is 0.385. The Hall–Kier alpha value is -0.670. The Kier molecular flexibility index (Phi) is 4.13. The van der Waals surface area contributed by atoms with Crippen molar-refractivity contribution in [1.82, 2.24) is 5.32 Å². The van der Waals surface area contributed by atoms with E-state index in [1.165, 1.54) is 0 Å². The minimum Gasteiger partial charge on any atom is -0.594 e. The first-order valence-corrected chi connectivity index (χ1v) is 4.76. The number of hydrogen-bond acceptors (Lipinski definition) is 4. The smallest absolute Gasteiger partial charge is 0.410 e. The highest BCUT2D eigenvalue weighted by atomic mass is 31.1. The van der Waals surface area contributed by atoms with Crippen LogP contribution in [0, 0.1) is 0 Å². The zero-order valence-electron chi connectivity index (χ0n) is 7.29. The zero-order chi connectivity index (χ0) is 9.78. The number of carbonyl (C=O) groups excluding carboxylic acids is 1. The lowest BCUT2D eigenvalue weighted by Crippen LogP contribution is -2.32. The molecule has 0 aliphatic carbocycles. The molecule has 0 aromatic carbocycles. The van der Waals surface area contributed by atoms with E-state index >= 15 is 0 Å². The summed E-state index contributed by atoms with van der Waals surface area (Å²) in [5, 5.41) is 2.08. The van der Waals surface area contributed by atoms with Crippen molar-refractivity contribution in [3.8, 4) is 0 Å². The van der Waals surface area contributed by atoms with Gasteiger partial charge in [-0.25, -0.2) is 4.79 Å². The number of rotatable bonds is 2. The minimum atomic E-state index is -2.59. The third kappa shape index (κ3) is 7.44. The van der Waals surface area contributed by atoms with Crippen LogP contribution in [0.2, 0.25) is 0 Å². The molecular weight excluding hydrogens is 181 g/mol. The topological polar surface area (TPSA) is 78.5 Å². The zero-order valence-corrected chi connectivity index (χ0v) is 8.18. The van der Waals surface area contributed by atoms with Crippen LogP contribution >= 0.6 is 8.03 Å². The molecule has 0 bridgehead atoms. The molecule has 0 aliphatic heterocycles. The van der Waals surface area contributed by atoms with Crippen LogP contribution in [0.1, 0.15) is 20.8 Å². The van der Waals surface area contributed by atoms with Gasteiger partial charge in [0.2, 0.25) is 6.29 Å². The van der Waals surface area contributed by atoms with Crippen LogP contribution in [0.5, 0.6) is 0 Å². The van der Waals surface area contributed by atoms with E-state index in [9.17, 15) is 14.3 Å². The number of ether oxygens (including phenoxy) is 1. The van der Waals surface area contributed by atoms with E-state index in [0.29, 0.717) is 0 Å². The van der Waals surface area contributed by atoms with E-state index in [1.54, 1.807) is 20.8 Å². The largest absolute Gasteiger partial charge is 0.594 e. The first kappa shape index (κ1) is 11.3. The van der Waals surface area contributed by atoms with E-state index in [2.05, 4.69) is 5.32 Å². The van der Waals surface area contributed by atoms with Crippen molar-refractivity contribution in [2.75, 3.05) is 6.29 Å². The van der Waals surface area contributed by atoms with E-state index < -0.39 is 19.7 Å². The van der Waals surface area contributed by atoms with Crippen molar-refractivity contribution in [2.45, 2.75) is 26.4 Å². The Morgan fingerprint density at radius 3 is 2.42 bits per heavy atom. The molecule has 0 aromatic rings. The molecule has 0 saturated carbocycles. The highest BCUT2D eigenvalue weighted by Crippen LogP contribution is 2.07. The molecule has 1 N–H and O–H groups in total. The van der Waals surface area contributed by atoms with Crippen molar-refractivity contribution in [3.05, 3.63) is 0 Å². The second-order valence-corrected chi connectivity index (χ2v) is 4.15. The number of alkyl carbamates (subject to hydrolysis) is 1. The Morgan fingerprint density at radius 2 is 2.08 bits per heavy atom. The fourth-order valence-corrected chi connectivity index (χ4v) is 0.701. The average molecular weight is 193 g/mol. The average Bonchev–Trinajstić information content (AvgIpc) is 1.79. The number of hydrogen-bond donors (Lipinski definition) is 1. The lowest BCUT2D eigenvalue weighted by atomic mass is 10.2. The summed E-state index contributed by atoms with van der Waals surface area (Å²) in [7, 11) is -2.59. The molecule has 0 aliphatic rings. The summed E-state index contributed by atoms with van der Waals surface area (Å²) in [4.78, 5) is 20.8. The number of carbonyl (C=O) groups is 1. The normalized spacial score (nSPS) is 12.2. The van der Waals surface area contributed by atoms with E-state index in [1.807, 2.05) is 0 Å². The van der Waals surface area contributed by atoms with Crippen LogP contribution in [-0.4, -0.2) is 18.0 Å². The van der Waals surface area contributed by atoms with Crippen molar-refractivity contribution in [2.24, 2.45) is 0 Å². The molecule has 0 spiro atoms. The lowest BCUT2D eigenvalue weighted by Gasteiger charge is -2.18. The first-order chi connectivity index (χ1) is 5.31. The Morgan fingerprint density at radius 1 is 1.58 bits per heavy atom. The van der Waals surface area contributed by atoms with Gasteiger partial charge in [-0.1, -0.05) is 4.57 Å². The van der Waals surface area contributed by atoms with Crippen LogP contribution in [0.3, 0.4) is 0 Å². The van der Waals surface area contributed by atoms with Crippen LogP contribution in [0.15, 0.2) is 0 Å². The maximum Gasteiger partial charge on any atom is 0.410 e. The summed E-state index contributed by atoms with van der Waals surface area (Å²) in [6, 6.07) is 0. The van der Waals surface area contributed by atoms with E-state index in [0.717, 1.165) is 0 Å². The third-order valence-corrected chi connectivity index (χ3v) is 1.17. The molecule has 70 valence electrons. The Balaban J connectivity index is 3.68. The molecule has 0 saturated heterocycles. The van der Waals surface area contributed by atoms with Crippen molar-refractivity contribution in [3.63, 3.8) is 0 Å². The van der Waals surface area contributed by atoms with Gasteiger partial charge in [0.05, 0.1) is 0 Å². The molecule has 0 rings (SSSR count). The predicted octanol–water partition coefficient (Wildman–Crippen LogP) is 0.571. The summed E-state index contributed by atoms with van der Waals surface area (Å²) < 4.78 is 14.8. The molecular formula is C6H12NO4P. The first-order valence-electron chi connectivity index (χ1n) is 3.40. The quantitative estimate of drug-likeness (QED) is 0.650. The molecule has 0 radical (unpaired) electrons. The Labute approximate surface area is 72.0 Å². The van der Waals surface area contributed by atoms with Gasteiger partial charge >= 0.3 is 14.1 Å². The van der Waals surface area contributed by atoms with Crippen LogP contribution in [0.25, 0.3) is 0 Å². The summed E-state index contributed by atoms with van der Waals surface area (Å²) in [6.07, 6.45) is -1.11. The fourth-order valence-electron chi connectivity index (χ4n) is 0.443. The molecule has 1 unspecified atom stereocenters. The number of nitrogens with one attached hydrogen (secondary N) is 1. The molecule has 0 fully saturated rings. The Bertz CT molecular complexity index is 186. The van der Waals surface area contributed by atoms with Crippen molar-refractivity contribution < 1.29 is 19.0 Å².